The van der Waals surface area contributed by atoms with Crippen LogP contribution in [0.25, 0.3) is 10.9 Å². The number of fused-ring (bicyclic) bond motifs is 1. The zero-order chi connectivity index (χ0) is 18.8. The average molecular weight is 371 g/mol. The van der Waals surface area contributed by atoms with Crippen molar-refractivity contribution >= 4 is 16.7 Å². The van der Waals surface area contributed by atoms with Crippen molar-refractivity contribution in [2.24, 2.45) is 0 Å². The second-order valence-electron chi connectivity index (χ2n) is 6.57. The average Bonchev–Trinajstić information content (AvgIpc) is 2.70. The van der Waals surface area contributed by atoms with E-state index in [2.05, 4.69) is 9.97 Å². The highest BCUT2D eigenvalue weighted by molar-refractivity contribution is 5.89. The third-order valence-electron chi connectivity index (χ3n) is 4.84. The molecule has 1 fully saturated rings. The summed E-state index contributed by atoms with van der Waals surface area (Å²) in [4.78, 5) is 10.4. The summed E-state index contributed by atoms with van der Waals surface area (Å²) in [6.45, 7) is 1.45. The molecule has 2 aromatic carbocycles. The van der Waals surface area contributed by atoms with Crippen LogP contribution in [0.4, 0.5) is 14.6 Å². The molecule has 5 nitrogen and oxygen atoms in total. The van der Waals surface area contributed by atoms with Gasteiger partial charge in [-0.3, -0.25) is 0 Å². The van der Waals surface area contributed by atoms with E-state index >= 15 is 0 Å². The van der Waals surface area contributed by atoms with Gasteiger partial charge in [0.05, 0.1) is 30.9 Å². The lowest BCUT2D eigenvalue weighted by Crippen LogP contribution is -2.46. The van der Waals surface area contributed by atoms with E-state index in [4.69, 9.17) is 4.74 Å². The summed E-state index contributed by atoms with van der Waals surface area (Å²) in [5.41, 5.74) is 1.16. The first kappa shape index (κ1) is 17.8. The molecule has 0 bridgehead atoms. The number of rotatable bonds is 4. The molecule has 27 heavy (non-hydrogen) atoms. The number of aliphatic hydroxyl groups is 1. The van der Waals surface area contributed by atoms with E-state index in [9.17, 15) is 13.9 Å². The van der Waals surface area contributed by atoms with E-state index in [0.29, 0.717) is 42.9 Å². The number of benzene rings is 2. The van der Waals surface area contributed by atoms with Crippen molar-refractivity contribution in [2.45, 2.75) is 18.6 Å². The van der Waals surface area contributed by atoms with Crippen LogP contribution in [-0.2, 0) is 4.74 Å². The normalized spacial score (nSPS) is 18.6. The monoisotopic (exact) mass is 371 g/mol. The molecule has 1 aliphatic rings. The SMILES string of the molecule is OC(CC1COCCN1c1ncnc2cc(F)c(F)cc12)c1ccccc1. The van der Waals surface area contributed by atoms with Crippen molar-refractivity contribution in [3.63, 3.8) is 0 Å². The van der Waals surface area contributed by atoms with E-state index in [0.717, 1.165) is 17.7 Å². The second-order valence-corrected chi connectivity index (χ2v) is 6.57. The summed E-state index contributed by atoms with van der Waals surface area (Å²) in [5, 5.41) is 11.0. The first-order valence-corrected chi connectivity index (χ1v) is 8.80. The highest BCUT2D eigenvalue weighted by Gasteiger charge is 2.28. The molecule has 2 heterocycles. The van der Waals surface area contributed by atoms with Gasteiger partial charge in [0, 0.05) is 24.4 Å². The largest absolute Gasteiger partial charge is 0.388 e. The third-order valence-corrected chi connectivity index (χ3v) is 4.84. The van der Waals surface area contributed by atoms with Crippen LogP contribution in [0.3, 0.4) is 0 Å². The Bertz CT molecular complexity index is 939. The van der Waals surface area contributed by atoms with Crippen molar-refractivity contribution in [1.82, 2.24) is 9.97 Å². The maximum atomic E-state index is 13.8. The summed E-state index contributed by atoms with van der Waals surface area (Å²) < 4.78 is 33.0. The zero-order valence-corrected chi connectivity index (χ0v) is 14.6. The van der Waals surface area contributed by atoms with Gasteiger partial charge in [0.15, 0.2) is 11.6 Å². The van der Waals surface area contributed by atoms with E-state index in [1.54, 1.807) is 0 Å². The predicted molar refractivity (Wildman–Crippen MR) is 97.4 cm³/mol. The highest BCUT2D eigenvalue weighted by Crippen LogP contribution is 2.30. The number of ether oxygens (including phenoxy) is 1. The first-order chi connectivity index (χ1) is 13.1. The third kappa shape index (κ3) is 3.61. The fourth-order valence-electron chi connectivity index (χ4n) is 3.46. The minimum atomic E-state index is -0.940. The Balaban J connectivity index is 1.67. The lowest BCUT2D eigenvalue weighted by Gasteiger charge is -2.38. The molecular formula is C20H19F2N3O2. The molecule has 0 amide bonds. The Morgan fingerprint density at radius 2 is 1.93 bits per heavy atom. The molecule has 7 heteroatoms. The number of nitrogens with zero attached hydrogens (tertiary/aromatic N) is 3. The van der Waals surface area contributed by atoms with Crippen molar-refractivity contribution in [2.75, 3.05) is 24.7 Å². The first-order valence-electron chi connectivity index (χ1n) is 8.80. The number of anilines is 1. The van der Waals surface area contributed by atoms with E-state index in [1.807, 2.05) is 35.2 Å². The fourth-order valence-corrected chi connectivity index (χ4v) is 3.46. The van der Waals surface area contributed by atoms with Gasteiger partial charge in [0.25, 0.3) is 0 Å². The maximum absolute atomic E-state index is 13.8. The number of hydrogen-bond donors (Lipinski definition) is 1. The van der Waals surface area contributed by atoms with Crippen molar-refractivity contribution in [3.05, 3.63) is 66.0 Å². The number of aliphatic hydroxyl groups excluding tert-OH is 1. The van der Waals surface area contributed by atoms with E-state index in [-0.39, 0.29) is 6.04 Å². The molecule has 2 unspecified atom stereocenters. The Hall–Kier alpha value is -2.64. The fraction of sp³-hybridized carbons (Fsp3) is 0.300. The van der Waals surface area contributed by atoms with E-state index in [1.165, 1.54) is 6.33 Å². The molecule has 4 rings (SSSR count). The summed E-state index contributed by atoms with van der Waals surface area (Å²) in [6.07, 6.45) is 1.11. The number of morpholine rings is 1. The van der Waals surface area contributed by atoms with Crippen LogP contribution in [0.2, 0.25) is 0 Å². The molecule has 1 aromatic heterocycles. The summed E-state index contributed by atoms with van der Waals surface area (Å²) in [5.74, 6) is -1.36. The minimum absolute atomic E-state index is 0.153. The Morgan fingerprint density at radius 3 is 2.74 bits per heavy atom. The quantitative estimate of drug-likeness (QED) is 0.763. The van der Waals surface area contributed by atoms with Crippen LogP contribution in [0.1, 0.15) is 18.1 Å². The highest BCUT2D eigenvalue weighted by atomic mass is 19.2. The summed E-state index contributed by atoms with van der Waals surface area (Å²) in [7, 11) is 0. The predicted octanol–water partition coefficient (Wildman–Crippen LogP) is 3.24. The molecule has 1 N–H and O–H groups in total. The van der Waals surface area contributed by atoms with Crippen LogP contribution < -0.4 is 4.90 Å². The van der Waals surface area contributed by atoms with Gasteiger partial charge in [-0.2, -0.15) is 0 Å². The van der Waals surface area contributed by atoms with Gasteiger partial charge in [-0.15, -0.1) is 0 Å². The maximum Gasteiger partial charge on any atom is 0.161 e. The standard InChI is InChI=1S/C20H19F2N3O2/c21-16-9-15-18(10-17(16)22)23-12-24-20(15)25-6-7-27-11-14(25)8-19(26)13-4-2-1-3-5-13/h1-5,9-10,12,14,19,26H,6-8,11H2. The number of hydrogen-bond acceptors (Lipinski definition) is 5. The number of halogens is 2. The molecule has 2 atom stereocenters. The Morgan fingerprint density at radius 1 is 1.15 bits per heavy atom. The van der Waals surface area contributed by atoms with Gasteiger partial charge in [-0.05, 0) is 11.6 Å². The molecule has 1 saturated heterocycles. The summed E-state index contributed by atoms with van der Waals surface area (Å²) >= 11 is 0. The van der Waals surface area contributed by atoms with E-state index < -0.39 is 17.7 Å². The smallest absolute Gasteiger partial charge is 0.161 e. The Labute approximate surface area is 155 Å². The van der Waals surface area contributed by atoms with Crippen molar-refractivity contribution in [1.29, 1.82) is 0 Å². The topological polar surface area (TPSA) is 58.5 Å². The lowest BCUT2D eigenvalue weighted by atomic mass is 10.0. The van der Waals surface area contributed by atoms with Crippen LogP contribution >= 0.6 is 0 Å². The van der Waals surface area contributed by atoms with Gasteiger partial charge < -0.3 is 14.7 Å². The van der Waals surface area contributed by atoms with Crippen LogP contribution in [0, 0.1) is 11.6 Å². The van der Waals surface area contributed by atoms with Crippen LogP contribution in [-0.4, -0.2) is 40.9 Å². The van der Waals surface area contributed by atoms with Gasteiger partial charge in [-0.25, -0.2) is 18.7 Å². The summed E-state index contributed by atoms with van der Waals surface area (Å²) in [6, 6.07) is 11.4. The minimum Gasteiger partial charge on any atom is -0.388 e. The molecule has 0 aliphatic carbocycles. The van der Waals surface area contributed by atoms with Crippen LogP contribution in [0.5, 0.6) is 0 Å². The molecule has 0 saturated carbocycles. The van der Waals surface area contributed by atoms with Gasteiger partial charge in [0.2, 0.25) is 0 Å². The molecule has 3 aromatic rings. The van der Waals surface area contributed by atoms with Crippen molar-refractivity contribution < 1.29 is 18.6 Å². The molecule has 0 spiro atoms. The number of aromatic nitrogens is 2. The van der Waals surface area contributed by atoms with Gasteiger partial charge in [-0.1, -0.05) is 30.3 Å². The van der Waals surface area contributed by atoms with Crippen molar-refractivity contribution in [3.8, 4) is 0 Å². The van der Waals surface area contributed by atoms with Gasteiger partial charge in [0.1, 0.15) is 12.1 Å². The van der Waals surface area contributed by atoms with Gasteiger partial charge >= 0.3 is 0 Å². The lowest BCUT2D eigenvalue weighted by molar-refractivity contribution is 0.0677. The zero-order valence-electron chi connectivity index (χ0n) is 14.6. The Kier molecular flexibility index (Phi) is 4.96. The molecule has 1 aliphatic heterocycles. The molecule has 0 radical (unpaired) electrons. The van der Waals surface area contributed by atoms with Crippen LogP contribution in [0.15, 0.2) is 48.8 Å². The molecular weight excluding hydrogens is 352 g/mol. The second kappa shape index (κ2) is 7.54. The molecule has 140 valence electrons.